The largest absolute Gasteiger partial charge is 0.314 e. The van der Waals surface area contributed by atoms with Crippen LogP contribution in [0.25, 0.3) is 0 Å². The highest BCUT2D eigenvalue weighted by Gasteiger charge is 2.24. The zero-order chi connectivity index (χ0) is 15.4. The Bertz CT molecular complexity index is 581. The molecule has 4 nitrogen and oxygen atoms in total. The van der Waals surface area contributed by atoms with Crippen molar-refractivity contribution < 1.29 is 0 Å². The molecule has 1 atom stereocenters. The molecule has 0 saturated carbocycles. The van der Waals surface area contributed by atoms with Gasteiger partial charge in [0.05, 0.1) is 5.01 Å². The second kappa shape index (κ2) is 7.31. The highest BCUT2D eigenvalue weighted by atomic mass is 32.1. The Hall–Kier alpha value is -1.30. The minimum atomic E-state index is 0.424. The predicted molar refractivity (Wildman–Crippen MR) is 90.9 cm³/mol. The summed E-state index contributed by atoms with van der Waals surface area (Å²) >= 11 is 1.87. The van der Waals surface area contributed by atoms with Crippen LogP contribution in [0.4, 0.5) is 0 Å². The molecule has 1 aliphatic heterocycles. The number of pyridine rings is 1. The van der Waals surface area contributed by atoms with Crippen molar-refractivity contribution in [2.24, 2.45) is 5.92 Å². The van der Waals surface area contributed by atoms with E-state index in [0.717, 1.165) is 32.6 Å². The highest BCUT2D eigenvalue weighted by molar-refractivity contribution is 7.11. The normalized spacial score (nSPS) is 19.7. The van der Waals surface area contributed by atoms with Gasteiger partial charge < -0.3 is 5.32 Å². The van der Waals surface area contributed by atoms with Crippen molar-refractivity contribution >= 4 is 11.3 Å². The Morgan fingerprint density at radius 3 is 2.95 bits per heavy atom. The van der Waals surface area contributed by atoms with Gasteiger partial charge in [-0.2, -0.15) is 0 Å². The lowest BCUT2D eigenvalue weighted by Crippen LogP contribution is -2.45. The minimum Gasteiger partial charge on any atom is -0.314 e. The molecular weight excluding hydrogens is 292 g/mol. The molecule has 1 saturated heterocycles. The highest BCUT2D eigenvalue weighted by Crippen LogP contribution is 2.26. The summed E-state index contributed by atoms with van der Waals surface area (Å²) < 4.78 is 0. The van der Waals surface area contributed by atoms with Gasteiger partial charge in [0.15, 0.2) is 0 Å². The lowest BCUT2D eigenvalue weighted by Gasteiger charge is -2.36. The Kier molecular flexibility index (Phi) is 5.18. The first-order chi connectivity index (χ1) is 10.7. The molecule has 5 heteroatoms. The lowest BCUT2D eigenvalue weighted by atomic mass is 10.0. The molecule has 1 fully saturated rings. The van der Waals surface area contributed by atoms with E-state index in [4.69, 9.17) is 0 Å². The number of nitrogens with one attached hydrogen (secondary N) is 1. The summed E-state index contributed by atoms with van der Waals surface area (Å²) in [6, 6.07) is 4.68. The van der Waals surface area contributed by atoms with E-state index < -0.39 is 0 Å². The molecule has 1 N–H and O–H groups in total. The number of rotatable bonds is 5. The number of thiazole rings is 1. The summed E-state index contributed by atoms with van der Waals surface area (Å²) in [5.74, 6) is 0.669. The molecule has 3 rings (SSSR count). The van der Waals surface area contributed by atoms with E-state index >= 15 is 0 Å². The molecule has 0 aromatic carbocycles. The summed E-state index contributed by atoms with van der Waals surface area (Å²) in [4.78, 5) is 12.6. The van der Waals surface area contributed by atoms with Crippen LogP contribution in [0, 0.1) is 5.92 Å². The summed E-state index contributed by atoms with van der Waals surface area (Å²) in [7, 11) is 0. The molecular formula is C17H24N4S. The molecule has 22 heavy (non-hydrogen) atoms. The first kappa shape index (κ1) is 15.6. The summed E-state index contributed by atoms with van der Waals surface area (Å²) in [5, 5.41) is 4.77. The summed E-state index contributed by atoms with van der Waals surface area (Å²) in [6.45, 7) is 8.61. The van der Waals surface area contributed by atoms with E-state index in [0.29, 0.717) is 12.0 Å². The van der Waals surface area contributed by atoms with Gasteiger partial charge in [0.25, 0.3) is 0 Å². The van der Waals surface area contributed by atoms with Crippen LogP contribution in [0.15, 0.2) is 30.7 Å². The van der Waals surface area contributed by atoms with Crippen LogP contribution in [0.2, 0.25) is 0 Å². The molecule has 118 valence electrons. The van der Waals surface area contributed by atoms with Crippen LogP contribution in [-0.4, -0.2) is 34.5 Å². The second-order valence-electron chi connectivity index (χ2n) is 6.29. The Morgan fingerprint density at radius 2 is 2.18 bits per heavy atom. The van der Waals surface area contributed by atoms with Gasteiger partial charge >= 0.3 is 0 Å². The molecule has 1 unspecified atom stereocenters. The van der Waals surface area contributed by atoms with Crippen LogP contribution in [0.3, 0.4) is 0 Å². The number of aromatic nitrogens is 2. The molecule has 1 aliphatic rings. The molecule has 2 aromatic rings. The lowest BCUT2D eigenvalue weighted by molar-refractivity contribution is 0.155. The number of nitrogens with zero attached hydrogens (tertiary/aromatic N) is 3. The maximum Gasteiger partial charge on any atom is 0.0930 e. The van der Waals surface area contributed by atoms with Crippen LogP contribution >= 0.6 is 11.3 Å². The smallest absolute Gasteiger partial charge is 0.0930 e. The van der Waals surface area contributed by atoms with Gasteiger partial charge in [0, 0.05) is 62.1 Å². The quantitative estimate of drug-likeness (QED) is 0.921. The fourth-order valence-corrected chi connectivity index (χ4v) is 4.08. The van der Waals surface area contributed by atoms with Crippen LogP contribution in [-0.2, 0) is 13.0 Å². The summed E-state index contributed by atoms with van der Waals surface area (Å²) in [6.07, 6.45) is 6.92. The third-order valence-corrected chi connectivity index (χ3v) is 4.99. The van der Waals surface area contributed by atoms with E-state index in [2.05, 4.69) is 52.4 Å². The van der Waals surface area contributed by atoms with Crippen molar-refractivity contribution in [2.45, 2.75) is 32.9 Å². The van der Waals surface area contributed by atoms with Gasteiger partial charge in [-0.3, -0.25) is 9.88 Å². The van der Waals surface area contributed by atoms with Crippen LogP contribution < -0.4 is 5.32 Å². The van der Waals surface area contributed by atoms with E-state index in [1.54, 1.807) is 0 Å². The molecule has 0 bridgehead atoms. The Labute approximate surface area is 136 Å². The van der Waals surface area contributed by atoms with Crippen molar-refractivity contribution in [1.29, 1.82) is 0 Å². The topological polar surface area (TPSA) is 41.1 Å². The Balaban J connectivity index is 1.70. The monoisotopic (exact) mass is 316 g/mol. The standard InChI is InChI=1S/C17H24N4S/c1-13(2)9-17-20-10-15(22-17)12-21-8-7-19-11-16(21)14-3-5-18-6-4-14/h3-6,10,13,16,19H,7-9,11-12H2,1-2H3. The van der Waals surface area contributed by atoms with E-state index in [9.17, 15) is 0 Å². The average Bonchev–Trinajstić information content (AvgIpc) is 2.95. The zero-order valence-electron chi connectivity index (χ0n) is 13.3. The number of piperazine rings is 1. The van der Waals surface area contributed by atoms with Gasteiger partial charge in [0.2, 0.25) is 0 Å². The predicted octanol–water partition coefficient (Wildman–Crippen LogP) is 2.88. The third kappa shape index (κ3) is 3.91. The second-order valence-corrected chi connectivity index (χ2v) is 7.49. The fraction of sp³-hybridized carbons (Fsp3) is 0.529. The van der Waals surface area contributed by atoms with Crippen LogP contribution in [0.5, 0.6) is 0 Å². The van der Waals surface area contributed by atoms with E-state index in [1.165, 1.54) is 15.4 Å². The molecule has 0 amide bonds. The van der Waals surface area contributed by atoms with Crippen molar-refractivity contribution in [3.8, 4) is 0 Å². The van der Waals surface area contributed by atoms with Gasteiger partial charge in [-0.25, -0.2) is 4.98 Å². The average molecular weight is 316 g/mol. The van der Waals surface area contributed by atoms with Gasteiger partial charge in [-0.05, 0) is 23.6 Å². The van der Waals surface area contributed by atoms with Gasteiger partial charge in [-0.15, -0.1) is 11.3 Å². The third-order valence-electron chi connectivity index (χ3n) is 3.99. The summed E-state index contributed by atoms with van der Waals surface area (Å²) in [5.41, 5.74) is 1.34. The maximum atomic E-state index is 4.59. The fourth-order valence-electron chi connectivity index (χ4n) is 2.91. The first-order valence-corrected chi connectivity index (χ1v) is 8.82. The van der Waals surface area contributed by atoms with Crippen LogP contribution in [0.1, 0.15) is 35.3 Å². The molecule has 0 radical (unpaired) electrons. The van der Waals surface area contributed by atoms with Crippen molar-refractivity contribution in [2.75, 3.05) is 19.6 Å². The van der Waals surface area contributed by atoms with E-state index in [1.807, 2.05) is 23.7 Å². The zero-order valence-corrected chi connectivity index (χ0v) is 14.1. The molecule has 0 spiro atoms. The molecule has 2 aromatic heterocycles. The van der Waals surface area contributed by atoms with Gasteiger partial charge in [0.1, 0.15) is 0 Å². The molecule has 3 heterocycles. The minimum absolute atomic E-state index is 0.424. The van der Waals surface area contributed by atoms with Crippen molar-refractivity contribution in [3.05, 3.63) is 46.2 Å². The first-order valence-electron chi connectivity index (χ1n) is 8.00. The molecule has 0 aliphatic carbocycles. The Morgan fingerprint density at radius 1 is 1.36 bits per heavy atom. The van der Waals surface area contributed by atoms with Crippen molar-refractivity contribution in [1.82, 2.24) is 20.2 Å². The maximum absolute atomic E-state index is 4.59. The van der Waals surface area contributed by atoms with Crippen molar-refractivity contribution in [3.63, 3.8) is 0 Å². The van der Waals surface area contributed by atoms with E-state index in [-0.39, 0.29) is 0 Å². The number of hydrogen-bond acceptors (Lipinski definition) is 5. The number of hydrogen-bond donors (Lipinski definition) is 1. The SMILES string of the molecule is CC(C)Cc1ncc(CN2CCNCC2c2ccncc2)s1. The van der Waals surface area contributed by atoms with Gasteiger partial charge in [-0.1, -0.05) is 13.8 Å².